The quantitative estimate of drug-likeness (QED) is 0.620. The van der Waals surface area contributed by atoms with Crippen molar-refractivity contribution in [3.63, 3.8) is 0 Å². The second-order valence-electron chi connectivity index (χ2n) is 5.64. The summed E-state index contributed by atoms with van der Waals surface area (Å²) in [4.78, 5) is 15.9. The number of sulfone groups is 1. The van der Waals surface area contributed by atoms with Gasteiger partial charge in [-0.15, -0.1) is 0 Å². The number of Topliss-reactive ketones (excluding diaryl/α,β-unsaturated/α-hetero) is 1. The van der Waals surface area contributed by atoms with Gasteiger partial charge in [0.15, 0.2) is 15.6 Å². The van der Waals surface area contributed by atoms with Gasteiger partial charge in [-0.05, 0) is 37.8 Å². The number of hydrogen-bond donors (Lipinski definition) is 0. The number of fused-ring (bicyclic) bond motifs is 2. The maximum absolute atomic E-state index is 13.6. The van der Waals surface area contributed by atoms with Gasteiger partial charge in [-0.1, -0.05) is 6.42 Å². The van der Waals surface area contributed by atoms with Crippen LogP contribution in [0, 0.1) is 11.9 Å². The Balaban J connectivity index is 1.87. The van der Waals surface area contributed by atoms with Gasteiger partial charge >= 0.3 is 0 Å². The Labute approximate surface area is 117 Å². The van der Waals surface area contributed by atoms with E-state index in [9.17, 15) is 17.6 Å². The Morgan fingerprint density at radius 3 is 2.50 bits per heavy atom. The molecule has 0 saturated carbocycles. The van der Waals surface area contributed by atoms with Crippen molar-refractivity contribution in [3.8, 4) is 0 Å². The highest BCUT2D eigenvalue weighted by Crippen LogP contribution is 2.40. The SMILES string of the molecule is O=C(c1cccnc1F)C1CC2CCCC(C1)S2(=O)=O. The summed E-state index contributed by atoms with van der Waals surface area (Å²) < 4.78 is 37.9. The first-order valence-corrected chi connectivity index (χ1v) is 8.48. The Kier molecular flexibility index (Phi) is 3.36. The molecule has 2 fully saturated rings. The average Bonchev–Trinajstić information content (AvgIpc) is 2.37. The van der Waals surface area contributed by atoms with Gasteiger partial charge in [0.2, 0.25) is 5.95 Å². The van der Waals surface area contributed by atoms with Gasteiger partial charge in [0, 0.05) is 12.1 Å². The van der Waals surface area contributed by atoms with E-state index < -0.39 is 32.2 Å². The fourth-order valence-electron chi connectivity index (χ4n) is 3.41. The molecule has 0 aromatic carbocycles. The van der Waals surface area contributed by atoms with E-state index in [1.807, 2.05) is 0 Å². The molecule has 0 N–H and O–H groups in total. The highest BCUT2D eigenvalue weighted by atomic mass is 32.2. The van der Waals surface area contributed by atoms with Crippen molar-refractivity contribution in [1.29, 1.82) is 0 Å². The van der Waals surface area contributed by atoms with E-state index in [0.29, 0.717) is 25.7 Å². The Bertz CT molecular complexity index is 624. The van der Waals surface area contributed by atoms with Crippen LogP contribution in [0.3, 0.4) is 0 Å². The summed E-state index contributed by atoms with van der Waals surface area (Å²) in [5.41, 5.74) is -0.0186. The topological polar surface area (TPSA) is 64.1 Å². The molecule has 4 nitrogen and oxygen atoms in total. The highest BCUT2D eigenvalue weighted by Gasteiger charge is 2.46. The Morgan fingerprint density at radius 2 is 1.90 bits per heavy atom. The number of carbonyl (C=O) groups is 1. The number of rotatable bonds is 2. The van der Waals surface area contributed by atoms with Gasteiger partial charge < -0.3 is 0 Å². The van der Waals surface area contributed by atoms with E-state index >= 15 is 0 Å². The smallest absolute Gasteiger partial charge is 0.223 e. The molecule has 1 aromatic rings. The van der Waals surface area contributed by atoms with Crippen LogP contribution in [-0.2, 0) is 9.84 Å². The summed E-state index contributed by atoms with van der Waals surface area (Å²) in [5, 5.41) is -0.854. The Hall–Kier alpha value is -1.30. The first-order chi connectivity index (χ1) is 9.50. The summed E-state index contributed by atoms with van der Waals surface area (Å²) >= 11 is 0. The largest absolute Gasteiger partial charge is 0.294 e. The van der Waals surface area contributed by atoms with Crippen molar-refractivity contribution in [2.45, 2.75) is 42.6 Å². The van der Waals surface area contributed by atoms with Crippen LogP contribution in [0.15, 0.2) is 18.3 Å². The van der Waals surface area contributed by atoms with E-state index in [4.69, 9.17) is 0 Å². The summed E-state index contributed by atoms with van der Waals surface area (Å²) in [6.45, 7) is 0. The molecule has 2 aliphatic heterocycles. The van der Waals surface area contributed by atoms with Crippen LogP contribution in [0.1, 0.15) is 42.5 Å². The van der Waals surface area contributed by atoms with Crippen molar-refractivity contribution in [3.05, 3.63) is 29.8 Å². The molecule has 0 spiro atoms. The molecule has 108 valence electrons. The molecule has 2 aliphatic rings. The number of ketones is 1. The molecule has 2 atom stereocenters. The van der Waals surface area contributed by atoms with Crippen molar-refractivity contribution in [1.82, 2.24) is 4.98 Å². The van der Waals surface area contributed by atoms with Gasteiger partial charge in [-0.2, -0.15) is 4.39 Å². The summed E-state index contributed by atoms with van der Waals surface area (Å²) in [5.74, 6) is -1.47. The number of nitrogens with zero attached hydrogens (tertiary/aromatic N) is 1. The third kappa shape index (κ3) is 2.16. The van der Waals surface area contributed by atoms with Gasteiger partial charge in [0.25, 0.3) is 0 Å². The lowest BCUT2D eigenvalue weighted by Crippen LogP contribution is -2.45. The minimum absolute atomic E-state index is 0.0186. The molecule has 1 aromatic heterocycles. The zero-order chi connectivity index (χ0) is 14.3. The molecular weight excluding hydrogens is 281 g/mol. The van der Waals surface area contributed by atoms with Gasteiger partial charge in [-0.25, -0.2) is 13.4 Å². The van der Waals surface area contributed by atoms with Crippen LogP contribution in [-0.4, -0.2) is 29.7 Å². The first-order valence-electron chi connectivity index (χ1n) is 6.87. The van der Waals surface area contributed by atoms with E-state index in [1.165, 1.54) is 18.3 Å². The third-order valence-corrected chi connectivity index (χ3v) is 7.19. The standard InChI is InChI=1S/C14H16FNO3S/c15-14-12(5-2-6-16-14)13(17)9-7-10-3-1-4-11(8-9)20(10,18)19/h2,5-6,9-11H,1,3-4,7-8H2. The molecule has 20 heavy (non-hydrogen) atoms. The second kappa shape index (κ2) is 4.91. The molecule has 3 rings (SSSR count). The third-order valence-electron chi connectivity index (χ3n) is 4.47. The minimum Gasteiger partial charge on any atom is -0.294 e. The van der Waals surface area contributed by atoms with E-state index in [1.54, 1.807) is 0 Å². The van der Waals surface area contributed by atoms with Crippen molar-refractivity contribution in [2.24, 2.45) is 5.92 Å². The second-order valence-corrected chi connectivity index (χ2v) is 8.15. The fourth-order valence-corrected chi connectivity index (χ4v) is 5.95. The number of aromatic nitrogens is 1. The molecule has 0 aliphatic carbocycles. The maximum atomic E-state index is 13.6. The first kappa shape index (κ1) is 13.7. The van der Waals surface area contributed by atoms with Gasteiger partial charge in [-0.3, -0.25) is 4.79 Å². The molecule has 2 saturated heterocycles. The molecular formula is C14H16FNO3S. The maximum Gasteiger partial charge on any atom is 0.223 e. The van der Waals surface area contributed by atoms with E-state index in [0.717, 1.165) is 6.42 Å². The average molecular weight is 297 g/mol. The van der Waals surface area contributed by atoms with Crippen molar-refractivity contribution < 1.29 is 17.6 Å². The zero-order valence-corrected chi connectivity index (χ0v) is 11.8. The Morgan fingerprint density at radius 1 is 1.25 bits per heavy atom. The molecule has 2 unspecified atom stereocenters. The normalized spacial score (nSPS) is 31.8. The number of carbonyl (C=O) groups excluding carboxylic acids is 1. The van der Waals surface area contributed by atoms with Crippen molar-refractivity contribution in [2.75, 3.05) is 0 Å². The zero-order valence-electron chi connectivity index (χ0n) is 11.0. The van der Waals surface area contributed by atoms with Crippen LogP contribution in [0.5, 0.6) is 0 Å². The number of halogens is 1. The highest BCUT2D eigenvalue weighted by molar-refractivity contribution is 7.92. The molecule has 3 heterocycles. The number of pyridine rings is 1. The van der Waals surface area contributed by atoms with Gasteiger partial charge in [0.05, 0.1) is 16.1 Å². The summed E-state index contributed by atoms with van der Waals surface area (Å²) in [7, 11) is -3.09. The lowest BCUT2D eigenvalue weighted by Gasteiger charge is -2.38. The lowest BCUT2D eigenvalue weighted by atomic mass is 9.84. The van der Waals surface area contributed by atoms with Crippen LogP contribution >= 0.6 is 0 Å². The van der Waals surface area contributed by atoms with Crippen molar-refractivity contribution >= 4 is 15.6 Å². The number of hydrogen-bond acceptors (Lipinski definition) is 4. The molecule has 6 heteroatoms. The predicted molar refractivity (Wildman–Crippen MR) is 71.6 cm³/mol. The van der Waals surface area contributed by atoms with E-state index in [2.05, 4.69) is 4.98 Å². The monoisotopic (exact) mass is 297 g/mol. The summed E-state index contributed by atoms with van der Waals surface area (Å²) in [6.07, 6.45) is 4.09. The van der Waals surface area contributed by atoms with Crippen LogP contribution < -0.4 is 0 Å². The fraction of sp³-hybridized carbons (Fsp3) is 0.571. The lowest BCUT2D eigenvalue weighted by molar-refractivity contribution is 0.0889. The summed E-state index contributed by atoms with van der Waals surface area (Å²) in [6, 6.07) is 2.94. The minimum atomic E-state index is -3.09. The van der Waals surface area contributed by atoms with E-state index in [-0.39, 0.29) is 11.3 Å². The molecule has 0 radical (unpaired) electrons. The van der Waals surface area contributed by atoms with Crippen LogP contribution in [0.4, 0.5) is 4.39 Å². The van der Waals surface area contributed by atoms with Crippen LogP contribution in [0.2, 0.25) is 0 Å². The molecule has 2 bridgehead atoms. The predicted octanol–water partition coefficient (Wildman–Crippen LogP) is 2.15. The van der Waals surface area contributed by atoms with Crippen LogP contribution in [0.25, 0.3) is 0 Å². The van der Waals surface area contributed by atoms with Gasteiger partial charge in [0.1, 0.15) is 0 Å². The molecule has 0 amide bonds.